The fraction of sp³-hybridized carbons (Fsp3) is 0.250. The number of nitrogens with zero attached hydrogens (tertiary/aromatic N) is 1. The van der Waals surface area contributed by atoms with Gasteiger partial charge in [-0.2, -0.15) is 0 Å². The predicted molar refractivity (Wildman–Crippen MR) is 122 cm³/mol. The first-order valence-electron chi connectivity index (χ1n) is 10.1. The summed E-state index contributed by atoms with van der Waals surface area (Å²) >= 11 is 1.43. The van der Waals surface area contributed by atoms with Gasteiger partial charge in [-0.3, -0.25) is 19.4 Å². The van der Waals surface area contributed by atoms with Gasteiger partial charge in [0, 0.05) is 30.5 Å². The molecule has 8 heteroatoms. The van der Waals surface area contributed by atoms with E-state index in [0.29, 0.717) is 28.3 Å². The number of carbonyl (C=O) groups excluding carboxylic acids is 3. The molecule has 2 heterocycles. The average molecular weight is 453 g/mol. The number of hydrogen-bond acceptors (Lipinski definition) is 7. The summed E-state index contributed by atoms with van der Waals surface area (Å²) in [6.45, 7) is 6.85. The smallest absolute Gasteiger partial charge is 0.308 e. The molecule has 1 aromatic carbocycles. The van der Waals surface area contributed by atoms with Crippen LogP contribution in [-0.2, 0) is 16.1 Å². The minimum atomic E-state index is -0.485. The first kappa shape index (κ1) is 23.1. The van der Waals surface area contributed by atoms with Crippen LogP contribution < -0.4 is 14.8 Å². The van der Waals surface area contributed by atoms with Gasteiger partial charge in [0.15, 0.2) is 0 Å². The standard InChI is InChI=1S/C24H24N2O5S/c1-14(2)17-11-20(30-15(3)27)23(21(12-17)31-16(4)28)18-8-10-32-22(18)13-26-24(29)19-7-5-6-9-25-19/h5-12,14H,13H2,1-4H3,(H,26,29). The second kappa shape index (κ2) is 10.2. The first-order chi connectivity index (χ1) is 15.3. The predicted octanol–water partition coefficient (Wildman–Crippen LogP) is 4.71. The fourth-order valence-electron chi connectivity index (χ4n) is 3.13. The van der Waals surface area contributed by atoms with E-state index in [2.05, 4.69) is 10.3 Å². The molecule has 0 saturated heterocycles. The van der Waals surface area contributed by atoms with E-state index in [1.165, 1.54) is 25.2 Å². The lowest BCUT2D eigenvalue weighted by Gasteiger charge is -2.18. The van der Waals surface area contributed by atoms with E-state index in [1.54, 1.807) is 36.5 Å². The van der Waals surface area contributed by atoms with Gasteiger partial charge in [-0.1, -0.05) is 19.9 Å². The summed E-state index contributed by atoms with van der Waals surface area (Å²) in [5.74, 6) is -0.554. The SMILES string of the molecule is CC(=O)Oc1cc(C(C)C)cc(OC(C)=O)c1-c1ccsc1CNC(=O)c1ccccn1. The van der Waals surface area contributed by atoms with E-state index in [0.717, 1.165) is 10.4 Å². The Bertz CT molecular complexity index is 1100. The Balaban J connectivity index is 2.03. The van der Waals surface area contributed by atoms with Crippen molar-refractivity contribution in [1.82, 2.24) is 10.3 Å². The highest BCUT2D eigenvalue weighted by Gasteiger charge is 2.22. The molecule has 0 aliphatic heterocycles. The average Bonchev–Trinajstić information content (AvgIpc) is 3.19. The molecule has 7 nitrogen and oxygen atoms in total. The van der Waals surface area contributed by atoms with Crippen molar-refractivity contribution >= 4 is 29.2 Å². The van der Waals surface area contributed by atoms with Crippen LogP contribution in [0.5, 0.6) is 11.5 Å². The van der Waals surface area contributed by atoms with Crippen molar-refractivity contribution in [2.45, 2.75) is 40.2 Å². The monoisotopic (exact) mass is 452 g/mol. The molecule has 166 valence electrons. The van der Waals surface area contributed by atoms with E-state index in [9.17, 15) is 14.4 Å². The third-order valence-corrected chi connectivity index (χ3v) is 5.51. The Morgan fingerprint density at radius 1 is 1.03 bits per heavy atom. The van der Waals surface area contributed by atoms with E-state index in [1.807, 2.05) is 25.3 Å². The van der Waals surface area contributed by atoms with Crippen molar-refractivity contribution in [3.05, 3.63) is 64.1 Å². The van der Waals surface area contributed by atoms with Gasteiger partial charge in [0.2, 0.25) is 0 Å². The van der Waals surface area contributed by atoms with E-state index in [4.69, 9.17) is 9.47 Å². The Morgan fingerprint density at radius 3 is 2.22 bits per heavy atom. The number of aromatic nitrogens is 1. The van der Waals surface area contributed by atoms with Crippen LogP contribution in [0.2, 0.25) is 0 Å². The van der Waals surface area contributed by atoms with Crippen LogP contribution in [0.4, 0.5) is 0 Å². The van der Waals surface area contributed by atoms with E-state index >= 15 is 0 Å². The van der Waals surface area contributed by atoms with Crippen molar-refractivity contribution in [2.75, 3.05) is 0 Å². The van der Waals surface area contributed by atoms with Gasteiger partial charge in [-0.15, -0.1) is 11.3 Å². The highest BCUT2D eigenvalue weighted by molar-refractivity contribution is 7.10. The molecule has 0 fully saturated rings. The number of amides is 1. The molecule has 1 N–H and O–H groups in total. The second-order valence-electron chi connectivity index (χ2n) is 7.39. The van der Waals surface area contributed by atoms with Gasteiger partial charge in [0.05, 0.1) is 12.1 Å². The lowest BCUT2D eigenvalue weighted by Crippen LogP contribution is -2.23. The molecule has 1 amide bonds. The Labute approximate surface area is 190 Å². The first-order valence-corrected chi connectivity index (χ1v) is 10.9. The zero-order valence-corrected chi connectivity index (χ0v) is 19.1. The molecule has 0 aliphatic rings. The molecule has 32 heavy (non-hydrogen) atoms. The van der Waals surface area contributed by atoms with Crippen LogP contribution in [0, 0.1) is 0 Å². The van der Waals surface area contributed by atoms with E-state index in [-0.39, 0.29) is 18.4 Å². The van der Waals surface area contributed by atoms with Crippen molar-refractivity contribution < 1.29 is 23.9 Å². The highest BCUT2D eigenvalue weighted by Crippen LogP contribution is 2.44. The maximum absolute atomic E-state index is 12.4. The summed E-state index contributed by atoms with van der Waals surface area (Å²) in [4.78, 5) is 40.9. The number of hydrogen-bond donors (Lipinski definition) is 1. The summed E-state index contributed by atoms with van der Waals surface area (Å²) in [6.07, 6.45) is 1.55. The number of carbonyl (C=O) groups is 3. The van der Waals surface area contributed by atoms with Crippen molar-refractivity contribution in [3.63, 3.8) is 0 Å². The van der Waals surface area contributed by atoms with Gasteiger partial charge in [-0.05, 0) is 47.2 Å². The lowest BCUT2D eigenvalue weighted by atomic mass is 9.96. The molecule has 3 aromatic rings. The summed E-state index contributed by atoms with van der Waals surface area (Å²) in [7, 11) is 0. The largest absolute Gasteiger partial charge is 0.426 e. The van der Waals surface area contributed by atoms with Gasteiger partial charge in [0.1, 0.15) is 17.2 Å². The number of pyridine rings is 1. The van der Waals surface area contributed by atoms with Crippen LogP contribution in [0.3, 0.4) is 0 Å². The molecule has 0 radical (unpaired) electrons. The molecule has 3 rings (SSSR count). The molecule has 0 spiro atoms. The minimum Gasteiger partial charge on any atom is -0.426 e. The Morgan fingerprint density at radius 2 is 1.69 bits per heavy atom. The Kier molecular flexibility index (Phi) is 7.37. The molecule has 0 atom stereocenters. The topological polar surface area (TPSA) is 94.6 Å². The molecular formula is C24H24N2O5S. The van der Waals surface area contributed by atoms with Crippen LogP contribution in [0.1, 0.15) is 54.5 Å². The summed E-state index contributed by atoms with van der Waals surface area (Å²) in [5.41, 5.74) is 2.37. The van der Waals surface area contributed by atoms with Gasteiger partial charge in [0.25, 0.3) is 5.91 Å². The van der Waals surface area contributed by atoms with Crippen LogP contribution in [-0.4, -0.2) is 22.8 Å². The molecule has 0 bridgehead atoms. The fourth-order valence-corrected chi connectivity index (χ4v) is 3.95. The van der Waals surface area contributed by atoms with Crippen LogP contribution in [0.15, 0.2) is 48.0 Å². The number of thiophene rings is 1. The number of esters is 2. The van der Waals surface area contributed by atoms with Crippen molar-refractivity contribution in [1.29, 1.82) is 0 Å². The van der Waals surface area contributed by atoms with Crippen LogP contribution >= 0.6 is 11.3 Å². The molecule has 0 aliphatic carbocycles. The van der Waals surface area contributed by atoms with Gasteiger partial charge >= 0.3 is 11.9 Å². The maximum atomic E-state index is 12.4. The third-order valence-electron chi connectivity index (χ3n) is 4.58. The zero-order valence-electron chi connectivity index (χ0n) is 18.3. The van der Waals surface area contributed by atoms with Crippen molar-refractivity contribution in [3.8, 4) is 22.6 Å². The number of ether oxygens (including phenoxy) is 2. The summed E-state index contributed by atoms with van der Waals surface area (Å²) < 4.78 is 11.0. The summed E-state index contributed by atoms with van der Waals surface area (Å²) in [5, 5.41) is 4.72. The van der Waals surface area contributed by atoms with E-state index < -0.39 is 11.9 Å². The second-order valence-corrected chi connectivity index (χ2v) is 8.39. The number of benzene rings is 1. The lowest BCUT2D eigenvalue weighted by molar-refractivity contribution is -0.132. The normalized spacial score (nSPS) is 10.7. The van der Waals surface area contributed by atoms with Crippen molar-refractivity contribution in [2.24, 2.45) is 0 Å². The summed E-state index contributed by atoms with van der Waals surface area (Å²) in [6, 6.07) is 10.5. The molecule has 0 unspecified atom stereocenters. The Hall–Kier alpha value is -3.52. The molecule has 0 saturated carbocycles. The zero-order chi connectivity index (χ0) is 23.3. The minimum absolute atomic E-state index is 0.118. The van der Waals surface area contributed by atoms with Crippen LogP contribution in [0.25, 0.3) is 11.1 Å². The molecule has 2 aromatic heterocycles. The van der Waals surface area contributed by atoms with Gasteiger partial charge in [-0.25, -0.2) is 0 Å². The highest BCUT2D eigenvalue weighted by atomic mass is 32.1. The van der Waals surface area contributed by atoms with Gasteiger partial charge < -0.3 is 14.8 Å². The molecular weight excluding hydrogens is 428 g/mol. The quantitative estimate of drug-likeness (QED) is 0.412. The maximum Gasteiger partial charge on any atom is 0.308 e. The number of nitrogens with one attached hydrogen (secondary N) is 1. The third kappa shape index (κ3) is 5.59. The number of rotatable bonds is 7.